The number of thioether (sulfide) groups is 1. The number of carbonyl (C=O) groups excluding carboxylic acids is 1. The fourth-order valence-electron chi connectivity index (χ4n) is 4.53. The van der Waals surface area contributed by atoms with Gasteiger partial charge < -0.3 is 15.0 Å². The van der Waals surface area contributed by atoms with Crippen molar-refractivity contribution in [2.24, 2.45) is 0 Å². The predicted molar refractivity (Wildman–Crippen MR) is 149 cm³/mol. The summed E-state index contributed by atoms with van der Waals surface area (Å²) < 4.78 is 32.9. The quantitative estimate of drug-likeness (QED) is 0.261. The molecule has 13 heteroatoms. The number of benzene rings is 2. The van der Waals surface area contributed by atoms with Crippen molar-refractivity contribution in [3.63, 3.8) is 0 Å². The lowest BCUT2D eigenvalue weighted by Crippen LogP contribution is -2.36. The number of fused-ring (bicyclic) bond motifs is 1. The Balaban J connectivity index is 1.31. The maximum Gasteiger partial charge on any atom is 0.459 e. The summed E-state index contributed by atoms with van der Waals surface area (Å²) in [5.74, 6) is -0.241. The van der Waals surface area contributed by atoms with Crippen LogP contribution in [0.5, 0.6) is 5.75 Å². The van der Waals surface area contributed by atoms with Crippen LogP contribution in [0.3, 0.4) is 0 Å². The van der Waals surface area contributed by atoms with Crippen molar-refractivity contribution >= 4 is 42.2 Å². The minimum atomic E-state index is -4.08. The van der Waals surface area contributed by atoms with Crippen molar-refractivity contribution in [2.75, 3.05) is 12.3 Å². The number of hydrogen-bond acceptors (Lipinski definition) is 10. The fraction of sp³-hybridized carbons (Fsp3) is 0.385. The third-order valence-corrected chi connectivity index (χ3v) is 9.41. The highest BCUT2D eigenvalue weighted by molar-refractivity contribution is 8.03. The van der Waals surface area contributed by atoms with Crippen LogP contribution >= 0.6 is 19.5 Å². The smallest absolute Gasteiger partial charge is 0.459 e. The average molecular weight is 572 g/mol. The van der Waals surface area contributed by atoms with Gasteiger partial charge in [-0.3, -0.25) is 13.9 Å². The lowest BCUT2D eigenvalue weighted by atomic mass is 10.1. The Hall–Kier alpha value is -3.18. The van der Waals surface area contributed by atoms with Gasteiger partial charge in [-0.15, -0.1) is 11.8 Å². The molecule has 2 heterocycles. The molecule has 3 aromatic rings. The normalized spacial score (nSPS) is 19.9. The maximum absolute atomic E-state index is 14.1. The van der Waals surface area contributed by atoms with Gasteiger partial charge in [0.05, 0.1) is 12.0 Å². The number of ether oxygens (including phenoxy) is 1. The summed E-state index contributed by atoms with van der Waals surface area (Å²) in [6, 6.07) is 12.0. The molecule has 206 valence electrons. The van der Waals surface area contributed by atoms with E-state index in [0.717, 1.165) is 41.4 Å². The lowest BCUT2D eigenvalue weighted by Gasteiger charge is -2.24. The van der Waals surface area contributed by atoms with Gasteiger partial charge >= 0.3 is 19.4 Å². The van der Waals surface area contributed by atoms with Crippen LogP contribution in [0, 0.1) is 0 Å². The molecule has 1 aliphatic heterocycles. The van der Waals surface area contributed by atoms with Gasteiger partial charge in [0.25, 0.3) is 0 Å². The molecule has 3 N–H and O–H groups in total. The first kappa shape index (κ1) is 27.4. The summed E-state index contributed by atoms with van der Waals surface area (Å²) in [4.78, 5) is 33.3. The number of allylic oxidation sites excluding steroid dienone is 1. The molecule has 11 nitrogen and oxygen atoms in total. The summed E-state index contributed by atoms with van der Waals surface area (Å²) in [6.07, 6.45) is 7.33. The van der Waals surface area contributed by atoms with E-state index in [9.17, 15) is 14.2 Å². The van der Waals surface area contributed by atoms with E-state index in [1.807, 2.05) is 36.4 Å². The zero-order valence-electron chi connectivity index (χ0n) is 21.4. The zero-order valence-corrected chi connectivity index (χ0v) is 23.1. The first-order chi connectivity index (χ1) is 18.8. The highest BCUT2D eigenvalue weighted by Crippen LogP contribution is 2.49. The minimum absolute atomic E-state index is 0.0643. The molecule has 1 aromatic heterocycles. The van der Waals surface area contributed by atoms with Crippen LogP contribution in [0.1, 0.15) is 44.4 Å². The number of anilines is 1. The number of nitrogen functional groups attached to an aromatic ring is 1. The molecule has 0 bridgehead atoms. The number of carbonyl (C=O) groups is 1. The Morgan fingerprint density at radius 3 is 2.79 bits per heavy atom. The third kappa shape index (κ3) is 6.70. The molecule has 5 rings (SSSR count). The van der Waals surface area contributed by atoms with Crippen molar-refractivity contribution in [3.05, 3.63) is 70.3 Å². The Labute approximate surface area is 229 Å². The van der Waals surface area contributed by atoms with Crippen LogP contribution in [0.2, 0.25) is 0 Å². The highest BCUT2D eigenvalue weighted by Gasteiger charge is 2.35. The predicted octanol–water partition coefficient (Wildman–Crippen LogP) is 4.56. The number of aromatic nitrogens is 3. The molecule has 2 aliphatic rings. The average Bonchev–Trinajstić information content (AvgIpc) is 3.60. The van der Waals surface area contributed by atoms with Crippen molar-refractivity contribution < 1.29 is 23.1 Å². The maximum atomic E-state index is 14.1. The molecule has 1 unspecified atom stereocenters. The van der Waals surface area contributed by atoms with Crippen molar-refractivity contribution in [1.29, 1.82) is 0 Å². The lowest BCUT2D eigenvalue weighted by molar-refractivity contribution is -0.150. The van der Waals surface area contributed by atoms with E-state index in [2.05, 4.69) is 15.1 Å². The van der Waals surface area contributed by atoms with Gasteiger partial charge in [0.15, 0.2) is 0 Å². The van der Waals surface area contributed by atoms with E-state index >= 15 is 0 Å². The third-order valence-electron chi connectivity index (χ3n) is 6.53. The number of esters is 1. The summed E-state index contributed by atoms with van der Waals surface area (Å²) in [6.45, 7) is 1.51. The minimum Gasteiger partial charge on any atom is -0.461 e. The van der Waals surface area contributed by atoms with Gasteiger partial charge in [0.2, 0.25) is 5.95 Å². The van der Waals surface area contributed by atoms with Crippen LogP contribution in [0.15, 0.2) is 64.6 Å². The SMILES string of the molecule is C[C@H](NP(=O)(OCC1=CC[C@H](n2cnc(N)nc2=O)S1)Oc1cccc2ccccc12)C(=O)OC1CCCC1. The molecule has 0 saturated heterocycles. The first-order valence-electron chi connectivity index (χ1n) is 12.8. The summed E-state index contributed by atoms with van der Waals surface area (Å²) in [5, 5.41) is 4.14. The topological polar surface area (TPSA) is 148 Å². The largest absolute Gasteiger partial charge is 0.461 e. The molecule has 1 aliphatic carbocycles. The molecule has 1 saturated carbocycles. The molecule has 0 amide bonds. The van der Waals surface area contributed by atoms with E-state index in [1.54, 1.807) is 19.1 Å². The van der Waals surface area contributed by atoms with Gasteiger partial charge in [0.1, 0.15) is 24.2 Å². The second-order valence-electron chi connectivity index (χ2n) is 9.42. The van der Waals surface area contributed by atoms with Crippen LogP contribution in [-0.4, -0.2) is 39.3 Å². The molecule has 0 spiro atoms. The van der Waals surface area contributed by atoms with E-state index in [4.69, 9.17) is 19.5 Å². The molecule has 2 aromatic carbocycles. The summed E-state index contributed by atoms with van der Waals surface area (Å²) in [7, 11) is -4.08. The van der Waals surface area contributed by atoms with Crippen molar-refractivity contribution in [1.82, 2.24) is 19.6 Å². The van der Waals surface area contributed by atoms with Crippen molar-refractivity contribution in [2.45, 2.75) is 56.5 Å². The van der Waals surface area contributed by atoms with Crippen LogP contribution in [0.4, 0.5) is 5.95 Å². The van der Waals surface area contributed by atoms with Crippen LogP contribution in [0.25, 0.3) is 10.8 Å². The zero-order chi connectivity index (χ0) is 27.4. The number of nitrogens with zero attached hydrogens (tertiary/aromatic N) is 3. The second-order valence-corrected chi connectivity index (χ2v) is 12.4. The van der Waals surface area contributed by atoms with E-state index in [0.29, 0.717) is 12.2 Å². The number of nitrogens with two attached hydrogens (primary N) is 1. The number of nitrogens with one attached hydrogen (secondary N) is 1. The molecular weight excluding hydrogens is 541 g/mol. The highest BCUT2D eigenvalue weighted by atomic mass is 32.2. The Kier molecular flexibility index (Phi) is 8.37. The van der Waals surface area contributed by atoms with E-state index in [-0.39, 0.29) is 24.0 Å². The van der Waals surface area contributed by atoms with E-state index in [1.165, 1.54) is 22.7 Å². The first-order valence-corrected chi connectivity index (χ1v) is 15.2. The molecule has 1 fully saturated rings. The van der Waals surface area contributed by atoms with Gasteiger partial charge in [-0.25, -0.2) is 14.3 Å². The van der Waals surface area contributed by atoms with E-state index < -0.39 is 25.4 Å². The van der Waals surface area contributed by atoms with Gasteiger partial charge in [-0.1, -0.05) is 42.5 Å². The monoisotopic (exact) mass is 571 g/mol. The molecule has 3 atom stereocenters. The van der Waals surface area contributed by atoms with Crippen LogP contribution in [-0.2, 0) is 18.6 Å². The number of hydrogen-bond donors (Lipinski definition) is 2. The Bertz CT molecular complexity index is 1490. The second kappa shape index (κ2) is 11.9. The fourth-order valence-corrected chi connectivity index (χ4v) is 7.22. The van der Waals surface area contributed by atoms with Crippen molar-refractivity contribution in [3.8, 4) is 5.75 Å². The Morgan fingerprint density at radius 1 is 1.23 bits per heavy atom. The summed E-state index contributed by atoms with van der Waals surface area (Å²) in [5.41, 5.74) is 4.99. The van der Waals surface area contributed by atoms with Gasteiger partial charge in [-0.05, 0) is 50.5 Å². The molecule has 0 radical (unpaired) electrons. The van der Waals surface area contributed by atoms with Gasteiger partial charge in [-0.2, -0.15) is 10.1 Å². The molecule has 39 heavy (non-hydrogen) atoms. The standard InChI is InChI=1S/C26H30N5O6PS/c1-17(24(32)36-19-9-3-4-10-19)30-38(34,37-22-12-6-8-18-7-2-5-11-21(18)22)35-15-20-13-14-23(39-20)31-16-28-25(27)29-26(31)33/h2,5-8,11-13,16-17,19,23H,3-4,9-10,14-15H2,1H3,(H,30,34)(H2,27,29,33)/t17-,23+,38?/m0/s1. The summed E-state index contributed by atoms with van der Waals surface area (Å²) >= 11 is 1.36. The number of rotatable bonds is 10. The van der Waals surface area contributed by atoms with Gasteiger partial charge in [0, 0.05) is 10.3 Å². The molecular formula is C26H30N5O6PS. The van der Waals surface area contributed by atoms with Crippen LogP contribution < -0.4 is 21.0 Å². The Morgan fingerprint density at radius 2 is 2.00 bits per heavy atom.